The van der Waals surface area contributed by atoms with Crippen LogP contribution in [0.25, 0.3) is 54.8 Å². The molecule has 0 unspecified atom stereocenters. The summed E-state index contributed by atoms with van der Waals surface area (Å²) in [7, 11) is 0. The summed E-state index contributed by atoms with van der Waals surface area (Å²) in [6, 6.07) is 44.4. The van der Waals surface area contributed by atoms with Crippen molar-refractivity contribution < 1.29 is 38.4 Å². The predicted octanol–water partition coefficient (Wildman–Crippen LogP) is 12.8. The van der Waals surface area contributed by atoms with E-state index in [1.807, 2.05) is 97.1 Å². The number of nitrogens with one attached hydrogen (secondary N) is 3. The summed E-state index contributed by atoms with van der Waals surface area (Å²) in [6.07, 6.45) is 15.6. The highest BCUT2D eigenvalue weighted by Crippen LogP contribution is 2.17. The summed E-state index contributed by atoms with van der Waals surface area (Å²) in [4.78, 5) is 116. The van der Waals surface area contributed by atoms with Gasteiger partial charge in [-0.1, -0.05) is 54.6 Å². The van der Waals surface area contributed by atoms with E-state index < -0.39 is 0 Å². The zero-order valence-electron chi connectivity index (χ0n) is 49.9. The van der Waals surface area contributed by atoms with Crippen LogP contribution in [-0.4, -0.2) is 112 Å². The van der Waals surface area contributed by atoms with Crippen LogP contribution in [0.2, 0.25) is 0 Å². The van der Waals surface area contributed by atoms with Crippen LogP contribution in [-0.2, 0) is 0 Å². The zero-order chi connectivity index (χ0) is 64.2. The van der Waals surface area contributed by atoms with E-state index in [2.05, 4.69) is 65.5 Å². The van der Waals surface area contributed by atoms with E-state index in [4.69, 9.17) is 0 Å². The minimum atomic E-state index is -0.0527. The predicted molar refractivity (Wildman–Crippen MR) is 340 cm³/mol. The van der Waals surface area contributed by atoms with Gasteiger partial charge in [0.15, 0.2) is 46.3 Å². The second-order valence-corrected chi connectivity index (χ2v) is 19.1. The standard InChI is InChI=1S/C11H9NO.C10H8N2O.C10H9NO.C9H8N2O.C8H7N3O.2C7H7NO.C6H6N2O/c1-8(13)10-6-9-4-2-3-5-11(9)12-7-10;1-7(13)9-6-11-12-10-5-3-2-4-8(9)10;1-7(12)10-6-8-4-2-3-5-9(8)11-10;1-6(12)7-2-3-8-9(4-7)11-5-10-8;1-5(12)6-2-3-7-8(4-6)10-11-9-7;1-6(9)7-2-4-8-5-3-7;1-6(9)7-3-2-4-8-5-7;1-5(9)6-4-7-2-3-8-6/h2-7H,1H3;2-6H,1H3;2-6,11H,1H3;2-5H,1H3,(H,10,11);2-4H,1H3,(H,9,10,11);2*2-5H,1H3;2-4H,1H3. The van der Waals surface area contributed by atoms with Crippen LogP contribution < -0.4 is 0 Å². The number of carbonyl (C=O) groups excluding carboxylic acids is 8. The number of rotatable bonds is 8. The Bertz CT molecular complexity index is 4290. The fraction of sp³-hybridized carbons (Fsp3) is 0.118. The molecule has 0 bridgehead atoms. The van der Waals surface area contributed by atoms with Gasteiger partial charge in [0.25, 0.3) is 0 Å². The van der Waals surface area contributed by atoms with Crippen molar-refractivity contribution in [2.45, 2.75) is 55.4 Å². The quantitative estimate of drug-likeness (QED) is 0.119. The lowest BCUT2D eigenvalue weighted by atomic mass is 10.1. The Kier molecular flexibility index (Phi) is 24.9. The average Bonchev–Trinajstić information content (AvgIpc) is 3.57. The number of pyridine rings is 3. The number of H-pyrrole nitrogens is 3. The first-order valence-electron chi connectivity index (χ1n) is 27.3. The first-order chi connectivity index (χ1) is 42.8. The van der Waals surface area contributed by atoms with Crippen molar-refractivity contribution in [1.82, 2.24) is 65.5 Å². The Balaban J connectivity index is 0.000000163. The monoisotopic (exact) mass is 1190 g/mol. The Morgan fingerprint density at radius 1 is 0.360 bits per heavy atom. The fourth-order valence-electron chi connectivity index (χ4n) is 7.67. The van der Waals surface area contributed by atoms with E-state index in [0.717, 1.165) is 54.8 Å². The molecule has 0 amide bonds. The van der Waals surface area contributed by atoms with Gasteiger partial charge in [0.05, 0.1) is 46.5 Å². The highest BCUT2D eigenvalue weighted by Gasteiger charge is 2.07. The smallest absolute Gasteiger partial charge is 0.179 e. The van der Waals surface area contributed by atoms with Crippen molar-refractivity contribution in [3.8, 4) is 0 Å². The first-order valence-corrected chi connectivity index (χ1v) is 27.3. The highest BCUT2D eigenvalue weighted by molar-refractivity contribution is 6.05. The van der Waals surface area contributed by atoms with Gasteiger partial charge in [-0.05, 0) is 133 Å². The van der Waals surface area contributed by atoms with Gasteiger partial charge in [0, 0.05) is 112 Å². The van der Waals surface area contributed by atoms with Gasteiger partial charge in [-0.2, -0.15) is 25.6 Å². The van der Waals surface area contributed by atoms with E-state index in [9.17, 15) is 38.4 Å². The van der Waals surface area contributed by atoms with Gasteiger partial charge >= 0.3 is 0 Å². The molecule has 0 radical (unpaired) electrons. The number of ketones is 8. The Morgan fingerprint density at radius 3 is 1.56 bits per heavy atom. The number of para-hydroxylation sites is 2. The van der Waals surface area contributed by atoms with Crippen molar-refractivity contribution in [1.29, 1.82) is 0 Å². The molecule has 446 valence electrons. The van der Waals surface area contributed by atoms with E-state index in [1.54, 1.807) is 107 Å². The fourth-order valence-corrected chi connectivity index (χ4v) is 7.67. The molecular formula is C68H61N13O8. The van der Waals surface area contributed by atoms with Crippen molar-refractivity contribution >= 4 is 101 Å². The SMILES string of the molecule is CC(=O)c1cc2ccccc2[nH]1.CC(=O)c1ccc2n[nH]nc2c1.CC(=O)c1ccc2nc[nH]c2c1.CC(=O)c1cccnc1.CC(=O)c1ccncc1.CC(=O)c1cnc2ccccc2c1.CC(=O)c1cnccn1.CC(=O)c1cnnc2ccccc12. The summed E-state index contributed by atoms with van der Waals surface area (Å²) in [5, 5.41) is 20.9. The number of aromatic amines is 3. The number of Topliss-reactive ketones (excluding diaryl/α,β-unsaturated/α-hetero) is 8. The molecule has 13 rings (SSSR count). The molecule has 5 aromatic carbocycles. The summed E-state index contributed by atoms with van der Waals surface area (Å²) in [5.74, 6) is 0.352. The molecule has 0 aliphatic heterocycles. The van der Waals surface area contributed by atoms with Crippen LogP contribution in [0.3, 0.4) is 0 Å². The van der Waals surface area contributed by atoms with Crippen LogP contribution in [0.5, 0.6) is 0 Å². The van der Waals surface area contributed by atoms with Gasteiger partial charge in [0.2, 0.25) is 0 Å². The molecule has 0 fully saturated rings. The maximum Gasteiger partial charge on any atom is 0.179 e. The molecule has 8 heterocycles. The molecule has 89 heavy (non-hydrogen) atoms. The number of fused-ring (bicyclic) bond motifs is 5. The number of carbonyl (C=O) groups is 8. The zero-order valence-corrected chi connectivity index (χ0v) is 49.9. The topological polar surface area (TPSA) is 313 Å². The summed E-state index contributed by atoms with van der Waals surface area (Å²) in [6.45, 7) is 12.2. The molecule has 0 atom stereocenters. The third kappa shape index (κ3) is 20.6. The van der Waals surface area contributed by atoms with Crippen LogP contribution >= 0.6 is 0 Å². The molecule has 3 N–H and O–H groups in total. The van der Waals surface area contributed by atoms with Crippen molar-refractivity contribution in [2.75, 3.05) is 0 Å². The number of nitrogens with zero attached hydrogens (tertiary/aromatic N) is 10. The van der Waals surface area contributed by atoms with E-state index in [1.165, 1.54) is 59.4 Å². The van der Waals surface area contributed by atoms with Gasteiger partial charge < -0.3 is 9.97 Å². The molecule has 0 aliphatic carbocycles. The van der Waals surface area contributed by atoms with Crippen molar-refractivity contribution in [2.24, 2.45) is 0 Å². The van der Waals surface area contributed by atoms with Crippen molar-refractivity contribution in [3.05, 3.63) is 252 Å². The molecule has 13 aromatic rings. The normalized spacial score (nSPS) is 9.93. The molecule has 21 heteroatoms. The van der Waals surface area contributed by atoms with E-state index in [0.29, 0.717) is 44.8 Å². The van der Waals surface area contributed by atoms with Gasteiger partial charge in [0.1, 0.15) is 16.7 Å². The third-order valence-corrected chi connectivity index (χ3v) is 12.5. The van der Waals surface area contributed by atoms with Gasteiger partial charge in [-0.3, -0.25) is 58.3 Å². The maximum absolute atomic E-state index is 11.2. The van der Waals surface area contributed by atoms with Crippen LogP contribution in [0.1, 0.15) is 139 Å². The minimum absolute atomic E-state index is 0.0195. The van der Waals surface area contributed by atoms with E-state index >= 15 is 0 Å². The summed E-state index contributed by atoms with van der Waals surface area (Å²) >= 11 is 0. The highest BCUT2D eigenvalue weighted by atomic mass is 16.2. The Labute approximate surface area is 510 Å². The van der Waals surface area contributed by atoms with Gasteiger partial charge in [-0.25, -0.2) is 9.97 Å². The number of imidazole rings is 1. The molecular weight excluding hydrogens is 1130 g/mol. The number of benzene rings is 5. The molecule has 0 saturated carbocycles. The molecule has 0 spiro atoms. The maximum atomic E-state index is 11.2. The largest absolute Gasteiger partial charge is 0.352 e. The second kappa shape index (κ2) is 33.5. The average molecular weight is 1190 g/mol. The molecule has 0 aliphatic rings. The Hall–Kier alpha value is -12.0. The third-order valence-electron chi connectivity index (χ3n) is 12.5. The lowest BCUT2D eigenvalue weighted by Gasteiger charge is -1.99. The Morgan fingerprint density at radius 2 is 0.978 bits per heavy atom. The van der Waals surface area contributed by atoms with Gasteiger partial charge in [-0.15, -0.1) is 0 Å². The lowest BCUT2D eigenvalue weighted by molar-refractivity contribution is 0.100. The number of aromatic nitrogens is 13. The minimum Gasteiger partial charge on any atom is -0.352 e. The number of hydrogen-bond acceptors (Lipinski definition) is 18. The van der Waals surface area contributed by atoms with Crippen molar-refractivity contribution in [3.63, 3.8) is 0 Å². The molecule has 21 nitrogen and oxygen atoms in total. The van der Waals surface area contributed by atoms with Crippen LogP contribution in [0.4, 0.5) is 0 Å². The second-order valence-electron chi connectivity index (χ2n) is 19.1. The number of hydrogen-bond donors (Lipinski definition) is 3. The first kappa shape index (κ1) is 66.1. The van der Waals surface area contributed by atoms with Crippen LogP contribution in [0, 0.1) is 0 Å². The summed E-state index contributed by atoms with van der Waals surface area (Å²) in [5.41, 5.74) is 11.1. The van der Waals surface area contributed by atoms with E-state index in [-0.39, 0.29) is 46.3 Å². The lowest BCUT2D eigenvalue weighted by Crippen LogP contribution is -1.96. The molecule has 0 saturated heterocycles. The van der Waals surface area contributed by atoms with Crippen LogP contribution in [0.15, 0.2) is 208 Å². The summed E-state index contributed by atoms with van der Waals surface area (Å²) < 4.78 is 0. The molecule has 8 aromatic heterocycles.